The lowest BCUT2D eigenvalue weighted by Crippen LogP contribution is -2.31. The Morgan fingerprint density at radius 3 is 2.42 bits per heavy atom. The van der Waals surface area contributed by atoms with Gasteiger partial charge in [-0.15, -0.1) is 0 Å². The van der Waals surface area contributed by atoms with Gasteiger partial charge in [-0.2, -0.15) is 0 Å². The molecule has 3 rings (SSSR count). The van der Waals surface area contributed by atoms with Crippen LogP contribution < -0.4 is 36.0 Å². The lowest BCUT2D eigenvalue weighted by molar-refractivity contribution is -0.142. The van der Waals surface area contributed by atoms with Gasteiger partial charge in [-0.05, 0) is 67.0 Å². The molecule has 0 saturated carbocycles. The van der Waals surface area contributed by atoms with Crippen molar-refractivity contribution in [2.45, 2.75) is 51.1 Å². The molecule has 0 bridgehead atoms. The molecular weight excluding hydrogens is 490 g/mol. The number of anilines is 1. The fourth-order valence-corrected chi connectivity index (χ4v) is 4.84. The van der Waals surface area contributed by atoms with E-state index in [4.69, 9.17) is 19.9 Å². The monoisotopic (exact) mass is 527 g/mol. The van der Waals surface area contributed by atoms with E-state index in [0.29, 0.717) is 67.1 Å². The van der Waals surface area contributed by atoms with Crippen molar-refractivity contribution in [3.63, 3.8) is 0 Å². The lowest BCUT2D eigenvalue weighted by Gasteiger charge is -2.19. The number of ether oxygens (including phenoxy) is 4. The zero-order valence-corrected chi connectivity index (χ0v) is 22.6. The maximum absolute atomic E-state index is 13.3. The average molecular weight is 528 g/mol. The standard InChI is InChI=1S/C28H37N3O7/c1-16(32)31-21-11-9-17-14-24(35-2)26(36-3)27(37-4)25(17)18-10-12-22(23(33)15-19(18)21)30-13-7-6-8-20(29)28(34)38-5/h10,12,14-15,20-21H,6-9,11,13,29H2,1-5H3,(H,30,33)(H,31,32). The van der Waals surface area contributed by atoms with Crippen LogP contribution in [0.1, 0.15) is 49.8 Å². The predicted molar refractivity (Wildman–Crippen MR) is 145 cm³/mol. The van der Waals surface area contributed by atoms with E-state index in [9.17, 15) is 14.4 Å². The average Bonchev–Trinajstić information content (AvgIpc) is 3.15. The molecule has 2 atom stereocenters. The molecule has 38 heavy (non-hydrogen) atoms. The number of rotatable bonds is 11. The number of esters is 1. The second kappa shape index (κ2) is 13.1. The van der Waals surface area contributed by atoms with E-state index in [1.54, 1.807) is 33.5 Å². The SMILES string of the molecule is COC(=O)C(N)CCCCNc1ccc2c(cc1=O)C(NC(C)=O)CCc1cc(OC)c(OC)c(OC)c1-2. The van der Waals surface area contributed by atoms with Crippen LogP contribution in [0.3, 0.4) is 0 Å². The van der Waals surface area contributed by atoms with Gasteiger partial charge in [-0.3, -0.25) is 14.4 Å². The number of fused-ring (bicyclic) bond motifs is 3. The Bertz CT molecular complexity index is 1230. The van der Waals surface area contributed by atoms with Crippen molar-refractivity contribution in [1.29, 1.82) is 0 Å². The molecule has 2 aromatic carbocycles. The van der Waals surface area contributed by atoms with Crippen LogP contribution in [0.2, 0.25) is 0 Å². The van der Waals surface area contributed by atoms with E-state index in [-0.39, 0.29) is 17.4 Å². The largest absolute Gasteiger partial charge is 0.493 e. The second-order valence-electron chi connectivity index (χ2n) is 9.15. The quantitative estimate of drug-likeness (QED) is 0.297. The van der Waals surface area contributed by atoms with E-state index in [0.717, 1.165) is 16.7 Å². The molecule has 1 aliphatic carbocycles. The molecular formula is C28H37N3O7. The molecule has 206 valence electrons. The molecule has 2 unspecified atom stereocenters. The van der Waals surface area contributed by atoms with Gasteiger partial charge in [0.25, 0.3) is 0 Å². The van der Waals surface area contributed by atoms with Crippen LogP contribution in [0.15, 0.2) is 29.1 Å². The third-order valence-corrected chi connectivity index (χ3v) is 6.68. The van der Waals surface area contributed by atoms with Gasteiger partial charge >= 0.3 is 5.97 Å². The molecule has 10 heteroatoms. The van der Waals surface area contributed by atoms with Crippen LogP contribution in [-0.2, 0) is 20.7 Å². The van der Waals surface area contributed by atoms with Crippen molar-refractivity contribution in [3.8, 4) is 28.4 Å². The van der Waals surface area contributed by atoms with E-state index in [1.807, 2.05) is 12.1 Å². The van der Waals surface area contributed by atoms with Crippen molar-refractivity contribution in [1.82, 2.24) is 5.32 Å². The molecule has 2 aromatic rings. The summed E-state index contributed by atoms with van der Waals surface area (Å²) in [5.41, 5.74) is 9.25. The predicted octanol–water partition coefficient (Wildman–Crippen LogP) is 2.95. The zero-order chi connectivity index (χ0) is 27.8. The van der Waals surface area contributed by atoms with E-state index < -0.39 is 12.0 Å². The number of carbonyl (C=O) groups excluding carboxylic acids is 2. The van der Waals surface area contributed by atoms with Gasteiger partial charge < -0.3 is 35.3 Å². The van der Waals surface area contributed by atoms with Crippen LogP contribution in [-0.4, -0.2) is 52.9 Å². The van der Waals surface area contributed by atoms with Gasteiger partial charge in [0.1, 0.15) is 6.04 Å². The van der Waals surface area contributed by atoms with Gasteiger partial charge in [0.15, 0.2) is 11.5 Å². The first-order valence-electron chi connectivity index (χ1n) is 12.6. The molecule has 0 fully saturated rings. The van der Waals surface area contributed by atoms with E-state index in [1.165, 1.54) is 14.0 Å². The fraction of sp³-hybridized carbons (Fsp3) is 0.464. The summed E-state index contributed by atoms with van der Waals surface area (Å²) in [5.74, 6) is 0.880. The highest BCUT2D eigenvalue weighted by Crippen LogP contribution is 2.50. The number of nitrogens with one attached hydrogen (secondary N) is 2. The highest BCUT2D eigenvalue weighted by atomic mass is 16.5. The number of carbonyl (C=O) groups is 2. The van der Waals surface area contributed by atoms with Gasteiger partial charge in [0.2, 0.25) is 17.1 Å². The molecule has 1 aliphatic rings. The number of hydrogen-bond donors (Lipinski definition) is 3. The van der Waals surface area contributed by atoms with Gasteiger partial charge in [-0.25, -0.2) is 0 Å². The number of hydrogen-bond acceptors (Lipinski definition) is 9. The zero-order valence-electron chi connectivity index (χ0n) is 22.6. The minimum Gasteiger partial charge on any atom is -0.493 e. The summed E-state index contributed by atoms with van der Waals surface area (Å²) in [7, 11) is 5.99. The van der Waals surface area contributed by atoms with Crippen LogP contribution in [0, 0.1) is 0 Å². The van der Waals surface area contributed by atoms with Gasteiger partial charge in [0.05, 0.1) is 40.2 Å². The Hall–Kier alpha value is -3.79. The molecule has 10 nitrogen and oxygen atoms in total. The van der Waals surface area contributed by atoms with Crippen molar-refractivity contribution in [2.75, 3.05) is 40.3 Å². The number of benzene rings is 1. The molecule has 1 amide bonds. The molecule has 0 saturated heterocycles. The Morgan fingerprint density at radius 2 is 1.79 bits per heavy atom. The Kier molecular flexibility index (Phi) is 9.95. The summed E-state index contributed by atoms with van der Waals surface area (Å²) < 4.78 is 21.6. The Morgan fingerprint density at radius 1 is 1.05 bits per heavy atom. The Balaban J connectivity index is 2.01. The first-order chi connectivity index (χ1) is 18.2. The minimum atomic E-state index is -0.656. The molecule has 0 aromatic heterocycles. The maximum Gasteiger partial charge on any atom is 0.322 e. The second-order valence-corrected chi connectivity index (χ2v) is 9.15. The highest BCUT2D eigenvalue weighted by Gasteiger charge is 2.29. The first-order valence-corrected chi connectivity index (χ1v) is 12.6. The van der Waals surface area contributed by atoms with Crippen molar-refractivity contribution >= 4 is 17.6 Å². The first kappa shape index (κ1) is 28.8. The normalized spacial score (nSPS) is 14.7. The van der Waals surface area contributed by atoms with Crippen LogP contribution in [0.25, 0.3) is 11.1 Å². The molecule has 0 heterocycles. The summed E-state index contributed by atoms with van der Waals surface area (Å²) in [6.07, 6.45) is 3.12. The van der Waals surface area contributed by atoms with E-state index >= 15 is 0 Å². The van der Waals surface area contributed by atoms with Gasteiger partial charge in [-0.1, -0.05) is 6.07 Å². The summed E-state index contributed by atoms with van der Waals surface area (Å²) in [6, 6.07) is 6.09. The summed E-state index contributed by atoms with van der Waals surface area (Å²) in [6.45, 7) is 1.99. The number of unbranched alkanes of at least 4 members (excludes halogenated alkanes) is 1. The highest BCUT2D eigenvalue weighted by molar-refractivity contribution is 5.83. The molecule has 0 radical (unpaired) electrons. The van der Waals surface area contributed by atoms with Crippen LogP contribution >= 0.6 is 0 Å². The minimum absolute atomic E-state index is 0.184. The van der Waals surface area contributed by atoms with Gasteiger partial charge in [0, 0.05) is 19.0 Å². The van der Waals surface area contributed by atoms with Crippen molar-refractivity contribution in [3.05, 3.63) is 45.6 Å². The number of nitrogens with two attached hydrogens (primary N) is 1. The molecule has 0 aliphatic heterocycles. The topological polar surface area (TPSA) is 138 Å². The molecule has 4 N–H and O–H groups in total. The maximum atomic E-state index is 13.3. The lowest BCUT2D eigenvalue weighted by atomic mass is 9.95. The summed E-state index contributed by atoms with van der Waals surface area (Å²) >= 11 is 0. The summed E-state index contributed by atoms with van der Waals surface area (Å²) in [4.78, 5) is 36.8. The third kappa shape index (κ3) is 6.36. The molecule has 0 spiro atoms. The van der Waals surface area contributed by atoms with Crippen LogP contribution in [0.4, 0.5) is 5.69 Å². The number of aryl methyl sites for hydroxylation is 1. The number of amides is 1. The fourth-order valence-electron chi connectivity index (χ4n) is 4.84. The van der Waals surface area contributed by atoms with Crippen molar-refractivity contribution < 1.29 is 28.5 Å². The summed E-state index contributed by atoms with van der Waals surface area (Å²) in [5, 5.41) is 6.21. The Labute approximate surface area is 222 Å². The number of methoxy groups -OCH3 is 4. The van der Waals surface area contributed by atoms with Crippen molar-refractivity contribution in [2.24, 2.45) is 5.73 Å². The van der Waals surface area contributed by atoms with Crippen LogP contribution in [0.5, 0.6) is 17.2 Å². The smallest absolute Gasteiger partial charge is 0.322 e. The van der Waals surface area contributed by atoms with E-state index in [2.05, 4.69) is 15.4 Å². The third-order valence-electron chi connectivity index (χ3n) is 6.68.